The van der Waals surface area contributed by atoms with E-state index in [1.165, 1.54) is 0 Å². The molecular weight excluding hydrogens is 478 g/mol. The highest BCUT2D eigenvalue weighted by Gasteiger charge is 2.17. The molecule has 1 heterocycles. The summed E-state index contributed by atoms with van der Waals surface area (Å²) in [4.78, 5) is 74.1. The number of carboxylic acid groups (broad SMARTS) is 4. The maximum absolute atomic E-state index is 12.6. The molecular formula is C23H15N3O10. The van der Waals surface area contributed by atoms with Gasteiger partial charge in [-0.15, -0.1) is 0 Å². The predicted octanol–water partition coefficient (Wildman–Crippen LogP) is 2.38. The molecule has 0 aliphatic carbocycles. The number of aromatic carboxylic acids is 4. The lowest BCUT2D eigenvalue weighted by molar-refractivity contribution is 0.0676. The van der Waals surface area contributed by atoms with E-state index in [1.54, 1.807) is 0 Å². The number of pyridine rings is 1. The third kappa shape index (κ3) is 5.85. The van der Waals surface area contributed by atoms with Gasteiger partial charge < -0.3 is 31.1 Å². The number of carbonyl (C=O) groups is 6. The van der Waals surface area contributed by atoms with Crippen LogP contribution in [0, 0.1) is 0 Å². The zero-order chi connectivity index (χ0) is 26.6. The largest absolute Gasteiger partial charge is 0.478 e. The summed E-state index contributed by atoms with van der Waals surface area (Å²) >= 11 is 0. The molecule has 2 amide bonds. The first-order chi connectivity index (χ1) is 16.9. The Bertz CT molecular complexity index is 1280. The Morgan fingerprint density at radius 2 is 0.750 bits per heavy atom. The Kier molecular flexibility index (Phi) is 7.05. The van der Waals surface area contributed by atoms with Crippen LogP contribution in [0.5, 0.6) is 0 Å². The van der Waals surface area contributed by atoms with Crippen molar-refractivity contribution in [1.82, 2.24) is 4.98 Å². The van der Waals surface area contributed by atoms with Crippen molar-refractivity contribution in [2.45, 2.75) is 0 Å². The molecule has 0 saturated carbocycles. The van der Waals surface area contributed by atoms with Gasteiger partial charge in [0.05, 0.1) is 33.4 Å². The molecule has 0 saturated heterocycles. The minimum Gasteiger partial charge on any atom is -0.478 e. The molecule has 0 aliphatic heterocycles. The molecule has 0 unspecified atom stereocenters. The van der Waals surface area contributed by atoms with Crippen molar-refractivity contribution in [2.75, 3.05) is 10.6 Å². The number of anilines is 2. The van der Waals surface area contributed by atoms with Gasteiger partial charge in [-0.1, -0.05) is 0 Å². The van der Waals surface area contributed by atoms with E-state index in [0.717, 1.165) is 54.9 Å². The maximum atomic E-state index is 12.6. The Morgan fingerprint density at radius 1 is 0.472 bits per heavy atom. The first-order valence-electron chi connectivity index (χ1n) is 9.75. The fourth-order valence-corrected chi connectivity index (χ4v) is 2.99. The predicted molar refractivity (Wildman–Crippen MR) is 121 cm³/mol. The average molecular weight is 493 g/mol. The van der Waals surface area contributed by atoms with Crippen LogP contribution in [0.3, 0.4) is 0 Å². The van der Waals surface area contributed by atoms with Crippen LogP contribution in [-0.4, -0.2) is 61.1 Å². The van der Waals surface area contributed by atoms with E-state index in [9.17, 15) is 28.8 Å². The molecule has 1 aromatic heterocycles. The van der Waals surface area contributed by atoms with E-state index in [-0.39, 0.29) is 44.8 Å². The highest BCUT2D eigenvalue weighted by Crippen LogP contribution is 2.19. The molecule has 0 radical (unpaired) electrons. The van der Waals surface area contributed by atoms with Crippen molar-refractivity contribution in [3.63, 3.8) is 0 Å². The first kappa shape index (κ1) is 25.0. The van der Waals surface area contributed by atoms with E-state index in [1.807, 2.05) is 0 Å². The number of benzene rings is 2. The number of nitrogens with zero attached hydrogens (tertiary/aromatic N) is 1. The zero-order valence-corrected chi connectivity index (χ0v) is 17.9. The molecule has 6 N–H and O–H groups in total. The van der Waals surface area contributed by atoms with Gasteiger partial charge in [-0.05, 0) is 42.5 Å². The van der Waals surface area contributed by atoms with Gasteiger partial charge in [-0.2, -0.15) is 0 Å². The van der Waals surface area contributed by atoms with Crippen LogP contribution in [0.2, 0.25) is 0 Å². The van der Waals surface area contributed by atoms with Crippen molar-refractivity contribution in [3.05, 3.63) is 88.2 Å². The first-order valence-corrected chi connectivity index (χ1v) is 9.75. The van der Waals surface area contributed by atoms with Crippen molar-refractivity contribution >= 4 is 47.1 Å². The van der Waals surface area contributed by atoms with E-state index >= 15 is 0 Å². The van der Waals surface area contributed by atoms with Crippen LogP contribution in [0.1, 0.15) is 62.1 Å². The summed E-state index contributed by atoms with van der Waals surface area (Å²) in [5, 5.41) is 41.3. The minimum atomic E-state index is -1.41. The van der Waals surface area contributed by atoms with Gasteiger partial charge in [-0.3, -0.25) is 14.6 Å². The SMILES string of the molecule is O=C(O)c1cc(NC(=O)c2cncc(C(=O)Nc3cc(C(=O)O)cc(C(=O)O)c3)c2)cc(C(=O)O)c1. The Labute approximate surface area is 200 Å². The number of nitrogens with one attached hydrogen (secondary N) is 2. The minimum absolute atomic E-state index is 0.126. The number of carboxylic acids is 4. The molecule has 13 nitrogen and oxygen atoms in total. The molecule has 2 aromatic carbocycles. The molecule has 0 atom stereocenters. The lowest BCUT2D eigenvalue weighted by Gasteiger charge is -2.10. The molecule has 0 fully saturated rings. The molecule has 0 spiro atoms. The second kappa shape index (κ2) is 10.1. The Hall–Kier alpha value is -5.59. The second-order valence-corrected chi connectivity index (χ2v) is 7.19. The average Bonchev–Trinajstić information content (AvgIpc) is 2.83. The monoisotopic (exact) mass is 493 g/mol. The van der Waals surface area contributed by atoms with Crippen LogP contribution in [-0.2, 0) is 0 Å². The normalized spacial score (nSPS) is 10.2. The van der Waals surface area contributed by atoms with Crippen LogP contribution in [0.25, 0.3) is 0 Å². The summed E-state index contributed by atoms with van der Waals surface area (Å²) in [6.07, 6.45) is 2.19. The highest BCUT2D eigenvalue weighted by molar-refractivity contribution is 6.09. The molecule has 36 heavy (non-hydrogen) atoms. The number of hydrogen-bond acceptors (Lipinski definition) is 7. The molecule has 3 aromatic rings. The smallest absolute Gasteiger partial charge is 0.335 e. The molecule has 182 valence electrons. The third-order valence-corrected chi connectivity index (χ3v) is 4.63. The second-order valence-electron chi connectivity index (χ2n) is 7.19. The number of rotatable bonds is 8. The fourth-order valence-electron chi connectivity index (χ4n) is 2.99. The van der Waals surface area contributed by atoms with Crippen molar-refractivity contribution in [1.29, 1.82) is 0 Å². The Balaban J connectivity index is 1.85. The molecule has 0 aliphatic rings. The van der Waals surface area contributed by atoms with E-state index in [4.69, 9.17) is 20.4 Å². The van der Waals surface area contributed by atoms with Gasteiger partial charge in [0.15, 0.2) is 0 Å². The highest BCUT2D eigenvalue weighted by atomic mass is 16.4. The zero-order valence-electron chi connectivity index (χ0n) is 17.9. The van der Waals surface area contributed by atoms with Gasteiger partial charge in [0.1, 0.15) is 0 Å². The van der Waals surface area contributed by atoms with E-state index in [0.29, 0.717) is 0 Å². The number of aromatic nitrogens is 1. The summed E-state index contributed by atoms with van der Waals surface area (Å²) in [6, 6.07) is 7.15. The quantitative estimate of drug-likeness (QED) is 0.267. The number of hydrogen-bond donors (Lipinski definition) is 6. The summed E-state index contributed by atoms with van der Waals surface area (Å²) in [5.74, 6) is -7.31. The molecule has 13 heteroatoms. The third-order valence-electron chi connectivity index (χ3n) is 4.63. The van der Waals surface area contributed by atoms with E-state index < -0.39 is 35.7 Å². The van der Waals surface area contributed by atoms with Gasteiger partial charge in [0.25, 0.3) is 11.8 Å². The number of amides is 2. The lowest BCUT2D eigenvalue weighted by Crippen LogP contribution is -2.17. The summed E-state index contributed by atoms with van der Waals surface area (Å²) in [7, 11) is 0. The standard InChI is InChI=1S/C23H15N3O10/c27-18(25-16-4-10(20(29)30)1-11(5-16)21(31)32)14-3-15(9-24-8-14)19(28)26-17-6-12(22(33)34)2-13(7-17)23(35)36/h1-9H,(H,25,27)(H,26,28)(H,29,30)(H,31,32)(H,33,34)(H,35,36). The molecule has 3 rings (SSSR count). The maximum Gasteiger partial charge on any atom is 0.335 e. The lowest BCUT2D eigenvalue weighted by atomic mass is 10.1. The summed E-state index contributed by atoms with van der Waals surface area (Å²) in [6.45, 7) is 0. The topological polar surface area (TPSA) is 220 Å². The van der Waals surface area contributed by atoms with Crippen molar-refractivity contribution in [2.24, 2.45) is 0 Å². The Morgan fingerprint density at radius 3 is 1.03 bits per heavy atom. The van der Waals surface area contributed by atoms with Gasteiger partial charge in [-0.25, -0.2) is 19.2 Å². The van der Waals surface area contributed by atoms with Crippen molar-refractivity contribution in [3.8, 4) is 0 Å². The summed E-state index contributed by atoms with van der Waals surface area (Å²) < 4.78 is 0. The van der Waals surface area contributed by atoms with Crippen LogP contribution < -0.4 is 10.6 Å². The van der Waals surface area contributed by atoms with Crippen molar-refractivity contribution < 1.29 is 49.2 Å². The van der Waals surface area contributed by atoms with Gasteiger partial charge in [0.2, 0.25) is 0 Å². The van der Waals surface area contributed by atoms with E-state index in [2.05, 4.69) is 15.6 Å². The van der Waals surface area contributed by atoms with Crippen LogP contribution >= 0.6 is 0 Å². The molecule has 0 bridgehead atoms. The number of carbonyl (C=O) groups excluding carboxylic acids is 2. The van der Waals surface area contributed by atoms with Gasteiger partial charge in [0, 0.05) is 23.8 Å². The van der Waals surface area contributed by atoms with Crippen LogP contribution in [0.15, 0.2) is 54.9 Å². The van der Waals surface area contributed by atoms with Crippen LogP contribution in [0.4, 0.5) is 11.4 Å². The van der Waals surface area contributed by atoms with Gasteiger partial charge >= 0.3 is 23.9 Å². The fraction of sp³-hybridized carbons (Fsp3) is 0. The summed E-state index contributed by atoms with van der Waals surface area (Å²) in [5.41, 5.74) is -2.04.